The van der Waals surface area contributed by atoms with Crippen molar-refractivity contribution >= 4 is 17.3 Å². The van der Waals surface area contributed by atoms with Gasteiger partial charge in [-0.25, -0.2) is 0 Å². The second kappa shape index (κ2) is 4.19. The summed E-state index contributed by atoms with van der Waals surface area (Å²) < 4.78 is 1.67. The first kappa shape index (κ1) is 9.80. The Morgan fingerprint density at radius 1 is 1.57 bits per heavy atom. The molecule has 0 amide bonds. The van der Waals surface area contributed by atoms with Gasteiger partial charge < -0.3 is 10.6 Å². The number of hydrogen-bond donors (Lipinski definition) is 2. The summed E-state index contributed by atoms with van der Waals surface area (Å²) in [7, 11) is 1.84. The first-order valence-corrected chi connectivity index (χ1v) is 5.30. The van der Waals surface area contributed by atoms with E-state index in [1.165, 1.54) is 0 Å². The molecule has 1 fully saturated rings. The zero-order valence-electron chi connectivity index (χ0n) is 8.26. The number of nitrogens with zero attached hydrogens (tertiary/aromatic N) is 2. The smallest absolute Gasteiger partial charge is 0.149 e. The van der Waals surface area contributed by atoms with Gasteiger partial charge in [0.15, 0.2) is 0 Å². The fourth-order valence-corrected chi connectivity index (χ4v) is 1.85. The lowest BCUT2D eigenvalue weighted by molar-refractivity contribution is 0.479. The number of anilines is 1. The molecule has 0 radical (unpaired) electrons. The van der Waals surface area contributed by atoms with Crippen LogP contribution in [0, 0.1) is 0 Å². The molecule has 4 nitrogen and oxygen atoms in total. The molecule has 78 valence electrons. The standard InChI is InChI=1S/C9H15ClN4/c1-14-9(10)8(6-12-14)13-7-2-4-11-5-3-7/h6-7,11,13H,2-5H2,1H3. The summed E-state index contributed by atoms with van der Waals surface area (Å²) >= 11 is 6.05. The molecular weight excluding hydrogens is 200 g/mol. The molecule has 1 aliphatic heterocycles. The van der Waals surface area contributed by atoms with Gasteiger partial charge in [0.2, 0.25) is 0 Å². The molecule has 0 saturated carbocycles. The summed E-state index contributed by atoms with van der Waals surface area (Å²) in [5, 5.41) is 11.5. The van der Waals surface area contributed by atoms with E-state index in [2.05, 4.69) is 15.7 Å². The maximum atomic E-state index is 6.05. The van der Waals surface area contributed by atoms with Crippen LogP contribution < -0.4 is 10.6 Å². The van der Waals surface area contributed by atoms with Crippen molar-refractivity contribution in [2.24, 2.45) is 7.05 Å². The zero-order valence-corrected chi connectivity index (χ0v) is 9.01. The summed E-state index contributed by atoms with van der Waals surface area (Å²) in [4.78, 5) is 0. The number of nitrogens with one attached hydrogen (secondary N) is 2. The van der Waals surface area contributed by atoms with Gasteiger partial charge in [-0.2, -0.15) is 5.10 Å². The number of piperidine rings is 1. The molecular formula is C9H15ClN4. The van der Waals surface area contributed by atoms with E-state index in [4.69, 9.17) is 11.6 Å². The van der Waals surface area contributed by atoms with E-state index < -0.39 is 0 Å². The van der Waals surface area contributed by atoms with Crippen LogP contribution in [-0.2, 0) is 7.05 Å². The minimum atomic E-state index is 0.526. The fourth-order valence-electron chi connectivity index (χ4n) is 1.71. The van der Waals surface area contributed by atoms with Crippen molar-refractivity contribution in [2.45, 2.75) is 18.9 Å². The van der Waals surface area contributed by atoms with E-state index in [0.717, 1.165) is 31.6 Å². The molecule has 0 unspecified atom stereocenters. The predicted molar refractivity (Wildman–Crippen MR) is 57.7 cm³/mol. The SMILES string of the molecule is Cn1ncc(NC2CCNCC2)c1Cl. The molecule has 0 bridgehead atoms. The van der Waals surface area contributed by atoms with Gasteiger partial charge in [-0.3, -0.25) is 4.68 Å². The Labute approximate surface area is 88.6 Å². The normalized spacial score (nSPS) is 18.4. The topological polar surface area (TPSA) is 41.9 Å². The van der Waals surface area contributed by atoms with Crippen molar-refractivity contribution in [3.63, 3.8) is 0 Å². The molecule has 1 aromatic heterocycles. The van der Waals surface area contributed by atoms with E-state index in [9.17, 15) is 0 Å². The summed E-state index contributed by atoms with van der Waals surface area (Å²) in [5.74, 6) is 0. The highest BCUT2D eigenvalue weighted by Crippen LogP contribution is 2.22. The van der Waals surface area contributed by atoms with Crippen molar-refractivity contribution in [1.29, 1.82) is 0 Å². The lowest BCUT2D eigenvalue weighted by atomic mass is 10.1. The first-order chi connectivity index (χ1) is 6.77. The van der Waals surface area contributed by atoms with Gasteiger partial charge in [0.05, 0.1) is 11.9 Å². The van der Waals surface area contributed by atoms with Gasteiger partial charge in [-0.05, 0) is 25.9 Å². The van der Waals surface area contributed by atoms with Crippen LogP contribution in [-0.4, -0.2) is 28.9 Å². The fraction of sp³-hybridized carbons (Fsp3) is 0.667. The number of aromatic nitrogens is 2. The molecule has 1 saturated heterocycles. The second-order valence-corrected chi connectivity index (χ2v) is 4.00. The van der Waals surface area contributed by atoms with E-state index in [1.807, 2.05) is 7.05 Å². The van der Waals surface area contributed by atoms with Crippen LogP contribution in [0.4, 0.5) is 5.69 Å². The van der Waals surface area contributed by atoms with E-state index in [0.29, 0.717) is 11.2 Å². The molecule has 5 heteroatoms. The number of rotatable bonds is 2. The lowest BCUT2D eigenvalue weighted by Gasteiger charge is -2.24. The molecule has 0 aliphatic carbocycles. The van der Waals surface area contributed by atoms with Crippen LogP contribution in [0.3, 0.4) is 0 Å². The van der Waals surface area contributed by atoms with E-state index in [1.54, 1.807) is 10.9 Å². The van der Waals surface area contributed by atoms with E-state index in [-0.39, 0.29) is 0 Å². The average Bonchev–Trinajstić information content (AvgIpc) is 2.52. The maximum absolute atomic E-state index is 6.05. The van der Waals surface area contributed by atoms with Gasteiger partial charge in [-0.1, -0.05) is 11.6 Å². The Hall–Kier alpha value is -0.740. The highest BCUT2D eigenvalue weighted by atomic mass is 35.5. The van der Waals surface area contributed by atoms with Crippen LogP contribution in [0.25, 0.3) is 0 Å². The highest BCUT2D eigenvalue weighted by molar-refractivity contribution is 6.32. The van der Waals surface area contributed by atoms with Crippen LogP contribution in [0.5, 0.6) is 0 Å². The highest BCUT2D eigenvalue weighted by Gasteiger charge is 2.15. The number of halogens is 1. The molecule has 2 heterocycles. The monoisotopic (exact) mass is 214 g/mol. The minimum Gasteiger partial charge on any atom is -0.378 e. The van der Waals surface area contributed by atoms with Crippen molar-refractivity contribution in [3.05, 3.63) is 11.3 Å². The van der Waals surface area contributed by atoms with Crippen LogP contribution in [0.2, 0.25) is 5.15 Å². The Balaban J connectivity index is 1.99. The molecule has 0 aromatic carbocycles. The Morgan fingerprint density at radius 3 is 2.86 bits per heavy atom. The Bertz CT molecular complexity index is 304. The third-order valence-electron chi connectivity index (χ3n) is 2.57. The lowest BCUT2D eigenvalue weighted by Crippen LogP contribution is -2.35. The van der Waals surface area contributed by atoms with Crippen molar-refractivity contribution in [3.8, 4) is 0 Å². The summed E-state index contributed by atoms with van der Waals surface area (Å²) in [6, 6.07) is 0.526. The van der Waals surface area contributed by atoms with Crippen LogP contribution in [0.15, 0.2) is 6.20 Å². The summed E-state index contributed by atoms with van der Waals surface area (Å²) in [6.45, 7) is 2.16. The molecule has 2 rings (SSSR count). The molecule has 2 N–H and O–H groups in total. The van der Waals surface area contributed by atoms with Gasteiger partial charge in [0.1, 0.15) is 5.15 Å². The third-order valence-corrected chi connectivity index (χ3v) is 3.01. The third kappa shape index (κ3) is 2.01. The van der Waals surface area contributed by atoms with Gasteiger partial charge in [0, 0.05) is 13.1 Å². The number of aryl methyl sites for hydroxylation is 1. The molecule has 14 heavy (non-hydrogen) atoms. The quantitative estimate of drug-likeness (QED) is 0.779. The Morgan fingerprint density at radius 2 is 2.29 bits per heavy atom. The zero-order chi connectivity index (χ0) is 9.97. The number of hydrogen-bond acceptors (Lipinski definition) is 3. The summed E-state index contributed by atoms with van der Waals surface area (Å²) in [6.07, 6.45) is 4.07. The molecule has 1 aromatic rings. The summed E-state index contributed by atoms with van der Waals surface area (Å²) in [5.41, 5.74) is 0.945. The second-order valence-electron chi connectivity index (χ2n) is 3.64. The largest absolute Gasteiger partial charge is 0.378 e. The average molecular weight is 215 g/mol. The first-order valence-electron chi connectivity index (χ1n) is 4.92. The molecule has 1 aliphatic rings. The van der Waals surface area contributed by atoms with Crippen LogP contribution in [0.1, 0.15) is 12.8 Å². The van der Waals surface area contributed by atoms with Gasteiger partial charge in [0.25, 0.3) is 0 Å². The molecule has 0 atom stereocenters. The van der Waals surface area contributed by atoms with E-state index >= 15 is 0 Å². The van der Waals surface area contributed by atoms with Gasteiger partial charge in [-0.15, -0.1) is 0 Å². The molecule has 0 spiro atoms. The van der Waals surface area contributed by atoms with Crippen LogP contribution >= 0.6 is 11.6 Å². The van der Waals surface area contributed by atoms with Crippen molar-refractivity contribution < 1.29 is 0 Å². The maximum Gasteiger partial charge on any atom is 0.149 e. The Kier molecular flexibility index (Phi) is 2.93. The van der Waals surface area contributed by atoms with Crippen molar-refractivity contribution in [2.75, 3.05) is 18.4 Å². The predicted octanol–water partition coefficient (Wildman–Crippen LogP) is 1.24. The van der Waals surface area contributed by atoms with Gasteiger partial charge >= 0.3 is 0 Å². The minimum absolute atomic E-state index is 0.526. The van der Waals surface area contributed by atoms with Crippen molar-refractivity contribution in [1.82, 2.24) is 15.1 Å².